The molecule has 0 saturated heterocycles. The number of aromatic hydroxyl groups is 3. The number of esters is 1. The summed E-state index contributed by atoms with van der Waals surface area (Å²) in [6, 6.07) is 10.1. The molecule has 0 aliphatic rings. The molecule has 5 nitrogen and oxygen atoms in total. The topological polar surface area (TPSA) is 87.0 Å². The normalized spacial score (nSPS) is 11.2. The highest BCUT2D eigenvalue weighted by molar-refractivity contribution is 5.87. The van der Waals surface area contributed by atoms with Crippen molar-refractivity contribution in [2.45, 2.75) is 6.92 Å². The Morgan fingerprint density at radius 2 is 1.42 bits per heavy atom. The van der Waals surface area contributed by atoms with Gasteiger partial charge in [0, 0.05) is 6.08 Å². The van der Waals surface area contributed by atoms with E-state index >= 15 is 0 Å². The van der Waals surface area contributed by atoms with Gasteiger partial charge in [0.1, 0.15) is 0 Å². The van der Waals surface area contributed by atoms with E-state index in [4.69, 9.17) is 4.74 Å². The summed E-state index contributed by atoms with van der Waals surface area (Å²) in [6.45, 7) is 2.09. The molecule has 0 heterocycles. The molecule has 3 N–H and O–H groups in total. The number of hydrogen-bond donors (Lipinski definition) is 3. The van der Waals surface area contributed by atoms with Gasteiger partial charge < -0.3 is 20.1 Å². The number of phenols is 3. The fourth-order valence-electron chi connectivity index (χ4n) is 1.99. The van der Waals surface area contributed by atoms with E-state index in [1.807, 2.05) is 24.3 Å². The van der Waals surface area contributed by atoms with Crippen LogP contribution in [0.25, 0.3) is 18.2 Å². The number of hydrogen-bond acceptors (Lipinski definition) is 5. The van der Waals surface area contributed by atoms with Gasteiger partial charge in [-0.3, -0.25) is 0 Å². The van der Waals surface area contributed by atoms with Crippen LogP contribution in [-0.4, -0.2) is 27.9 Å². The largest absolute Gasteiger partial charge is 0.504 e. The SMILES string of the molecule is CCOC(=O)/C=C/c1ccc(/C=C/c2cc(O)c(O)c(O)c2)cc1. The predicted octanol–water partition coefficient (Wildman–Crippen LogP) is 3.55. The van der Waals surface area contributed by atoms with Crippen LogP contribution < -0.4 is 0 Å². The van der Waals surface area contributed by atoms with Gasteiger partial charge in [0.15, 0.2) is 17.2 Å². The number of carbonyl (C=O) groups excluding carboxylic acids is 1. The van der Waals surface area contributed by atoms with Crippen molar-refractivity contribution in [1.82, 2.24) is 0 Å². The van der Waals surface area contributed by atoms with Gasteiger partial charge in [-0.15, -0.1) is 0 Å². The zero-order valence-corrected chi connectivity index (χ0v) is 13.1. The minimum Gasteiger partial charge on any atom is -0.504 e. The van der Waals surface area contributed by atoms with E-state index in [9.17, 15) is 20.1 Å². The molecule has 0 fully saturated rings. The molecule has 24 heavy (non-hydrogen) atoms. The molecular weight excluding hydrogens is 308 g/mol. The van der Waals surface area contributed by atoms with Gasteiger partial charge in [-0.1, -0.05) is 36.4 Å². The molecule has 2 rings (SSSR count). The summed E-state index contributed by atoms with van der Waals surface area (Å²) in [7, 11) is 0. The molecule has 2 aromatic rings. The maximum Gasteiger partial charge on any atom is 0.330 e. The molecule has 0 saturated carbocycles. The summed E-state index contributed by atoms with van der Waals surface area (Å²) >= 11 is 0. The fourth-order valence-corrected chi connectivity index (χ4v) is 1.99. The summed E-state index contributed by atoms with van der Waals surface area (Å²) in [4.78, 5) is 11.2. The Kier molecular flexibility index (Phi) is 5.63. The Morgan fingerprint density at radius 3 is 1.96 bits per heavy atom. The molecule has 0 aromatic heterocycles. The smallest absolute Gasteiger partial charge is 0.330 e. The molecule has 124 valence electrons. The van der Waals surface area contributed by atoms with Gasteiger partial charge in [-0.2, -0.15) is 0 Å². The highest BCUT2D eigenvalue weighted by Gasteiger charge is 2.06. The molecular formula is C19H18O5. The van der Waals surface area contributed by atoms with Gasteiger partial charge in [-0.05, 0) is 41.8 Å². The molecule has 0 aliphatic heterocycles. The average Bonchev–Trinajstić information content (AvgIpc) is 2.57. The van der Waals surface area contributed by atoms with Crippen molar-refractivity contribution in [3.8, 4) is 17.2 Å². The third-order valence-corrected chi connectivity index (χ3v) is 3.20. The monoisotopic (exact) mass is 326 g/mol. The summed E-state index contributed by atoms with van der Waals surface area (Å²) in [5, 5.41) is 28.2. The third kappa shape index (κ3) is 4.64. The Labute approximate surface area is 139 Å². The number of rotatable bonds is 5. The minimum atomic E-state index is -0.537. The first-order chi connectivity index (χ1) is 11.5. The van der Waals surface area contributed by atoms with E-state index in [0.29, 0.717) is 12.2 Å². The fraction of sp³-hybridized carbons (Fsp3) is 0.105. The number of benzene rings is 2. The first-order valence-electron chi connectivity index (χ1n) is 7.37. The van der Waals surface area contributed by atoms with Crippen LogP contribution in [0.4, 0.5) is 0 Å². The molecule has 0 amide bonds. The highest BCUT2D eigenvalue weighted by atomic mass is 16.5. The van der Waals surface area contributed by atoms with Crippen LogP contribution in [0.5, 0.6) is 17.2 Å². The quantitative estimate of drug-likeness (QED) is 0.338. The standard InChI is InChI=1S/C19H18O5/c1-2-24-18(22)10-9-14-5-3-13(4-6-14)7-8-15-11-16(20)19(23)17(21)12-15/h3-12,20-21,23H,2H2,1H3/b8-7+,10-9+. The number of carbonyl (C=O) groups is 1. The van der Waals surface area contributed by atoms with Gasteiger partial charge in [0.25, 0.3) is 0 Å². The van der Waals surface area contributed by atoms with Crippen molar-refractivity contribution in [2.75, 3.05) is 6.61 Å². The van der Waals surface area contributed by atoms with Gasteiger partial charge in [-0.25, -0.2) is 4.79 Å². The van der Waals surface area contributed by atoms with E-state index in [1.165, 1.54) is 18.2 Å². The molecule has 2 aromatic carbocycles. The maximum absolute atomic E-state index is 11.2. The molecule has 0 spiro atoms. The van der Waals surface area contributed by atoms with E-state index in [1.54, 1.807) is 25.2 Å². The van der Waals surface area contributed by atoms with E-state index in [-0.39, 0.29) is 17.5 Å². The van der Waals surface area contributed by atoms with Crippen molar-refractivity contribution in [2.24, 2.45) is 0 Å². The molecule has 5 heteroatoms. The van der Waals surface area contributed by atoms with Crippen molar-refractivity contribution in [1.29, 1.82) is 0 Å². The van der Waals surface area contributed by atoms with Crippen LogP contribution in [0.2, 0.25) is 0 Å². The third-order valence-electron chi connectivity index (χ3n) is 3.20. The molecule has 0 radical (unpaired) electrons. The van der Waals surface area contributed by atoms with Gasteiger partial charge in [0.2, 0.25) is 0 Å². The zero-order valence-electron chi connectivity index (χ0n) is 13.1. The molecule has 0 aliphatic carbocycles. The second-order valence-electron chi connectivity index (χ2n) is 4.99. The van der Waals surface area contributed by atoms with Crippen molar-refractivity contribution in [3.05, 3.63) is 59.2 Å². The lowest BCUT2D eigenvalue weighted by Crippen LogP contribution is -1.98. The molecule has 0 bridgehead atoms. The van der Waals surface area contributed by atoms with Crippen molar-refractivity contribution < 1.29 is 24.9 Å². The first kappa shape index (κ1) is 17.1. The van der Waals surface area contributed by atoms with Crippen LogP contribution in [0, 0.1) is 0 Å². The van der Waals surface area contributed by atoms with Crippen LogP contribution >= 0.6 is 0 Å². The summed E-state index contributed by atoms with van der Waals surface area (Å²) in [5.41, 5.74) is 2.31. The van der Waals surface area contributed by atoms with Crippen molar-refractivity contribution >= 4 is 24.2 Å². The lowest BCUT2D eigenvalue weighted by molar-refractivity contribution is -0.137. The second kappa shape index (κ2) is 7.87. The Morgan fingerprint density at radius 1 is 0.917 bits per heavy atom. The second-order valence-corrected chi connectivity index (χ2v) is 4.99. The van der Waals surface area contributed by atoms with E-state index in [2.05, 4.69) is 0 Å². The molecule has 0 unspecified atom stereocenters. The lowest BCUT2D eigenvalue weighted by Gasteiger charge is -2.02. The number of ether oxygens (including phenoxy) is 1. The van der Waals surface area contributed by atoms with Crippen LogP contribution in [0.3, 0.4) is 0 Å². The average molecular weight is 326 g/mol. The summed E-state index contributed by atoms with van der Waals surface area (Å²) in [6.07, 6.45) is 6.53. The Hall–Kier alpha value is -3.21. The van der Waals surface area contributed by atoms with Gasteiger partial charge >= 0.3 is 5.97 Å². The number of phenolic OH excluding ortho intramolecular Hbond substituents is 3. The van der Waals surface area contributed by atoms with Crippen molar-refractivity contribution in [3.63, 3.8) is 0 Å². The van der Waals surface area contributed by atoms with Crippen LogP contribution in [0.15, 0.2) is 42.5 Å². The Bertz CT molecular complexity index is 750. The highest BCUT2D eigenvalue weighted by Crippen LogP contribution is 2.35. The molecule has 0 atom stereocenters. The van der Waals surface area contributed by atoms with E-state index in [0.717, 1.165) is 11.1 Å². The zero-order chi connectivity index (χ0) is 17.5. The lowest BCUT2D eigenvalue weighted by atomic mass is 10.1. The predicted molar refractivity (Wildman–Crippen MR) is 92.5 cm³/mol. The summed E-state index contributed by atoms with van der Waals surface area (Å²) in [5.74, 6) is -1.68. The van der Waals surface area contributed by atoms with Crippen LogP contribution in [-0.2, 0) is 9.53 Å². The summed E-state index contributed by atoms with van der Waals surface area (Å²) < 4.78 is 4.81. The maximum atomic E-state index is 11.2. The van der Waals surface area contributed by atoms with E-state index < -0.39 is 5.75 Å². The first-order valence-corrected chi connectivity index (χ1v) is 7.37. The Balaban J connectivity index is 2.07. The van der Waals surface area contributed by atoms with Gasteiger partial charge in [0.05, 0.1) is 6.61 Å². The van der Waals surface area contributed by atoms with Crippen LogP contribution in [0.1, 0.15) is 23.6 Å². The minimum absolute atomic E-state index is 0.343.